The first-order valence-corrected chi connectivity index (χ1v) is 13.4. The molecule has 40 heavy (non-hydrogen) atoms. The molecule has 1 fully saturated rings. The summed E-state index contributed by atoms with van der Waals surface area (Å²) in [5.41, 5.74) is 2.62. The van der Waals surface area contributed by atoms with E-state index in [1.165, 1.54) is 4.90 Å². The Bertz CT molecular complexity index is 1470. The van der Waals surface area contributed by atoms with Crippen LogP contribution in [0.15, 0.2) is 83.3 Å². The number of carbonyl (C=O) groups is 2. The maximum absolute atomic E-state index is 12.6. The molecule has 9 heteroatoms. The third-order valence-corrected chi connectivity index (χ3v) is 7.19. The van der Waals surface area contributed by atoms with Gasteiger partial charge in [0.05, 0.1) is 18.2 Å². The SMILES string of the molecule is Cc1oc(-c2cccc(Cl)c2)nc1CCOc1ccc(C[C@@H]2CN(C(=O)Oc3ccccc3)C[C@@H]2C(=O)O)cc1. The van der Waals surface area contributed by atoms with Gasteiger partial charge in [-0.05, 0) is 67.3 Å². The first-order chi connectivity index (χ1) is 19.4. The van der Waals surface area contributed by atoms with E-state index in [1.54, 1.807) is 30.3 Å². The van der Waals surface area contributed by atoms with Crippen LogP contribution in [0.3, 0.4) is 0 Å². The number of aryl methyl sites for hydroxylation is 1. The molecule has 1 amide bonds. The monoisotopic (exact) mass is 560 g/mol. The first kappa shape index (κ1) is 27.3. The van der Waals surface area contributed by atoms with Gasteiger partial charge in [0.15, 0.2) is 0 Å². The molecule has 2 heterocycles. The Kier molecular flexibility index (Phi) is 8.36. The van der Waals surface area contributed by atoms with Crippen LogP contribution < -0.4 is 9.47 Å². The van der Waals surface area contributed by atoms with Gasteiger partial charge in [0, 0.05) is 30.1 Å². The van der Waals surface area contributed by atoms with Crippen molar-refractivity contribution in [1.29, 1.82) is 0 Å². The van der Waals surface area contributed by atoms with Crippen LogP contribution in [0.4, 0.5) is 4.79 Å². The molecular formula is C31H29ClN2O6. The fourth-order valence-electron chi connectivity index (χ4n) is 4.86. The molecule has 0 unspecified atom stereocenters. The number of nitrogens with zero attached hydrogens (tertiary/aromatic N) is 2. The Morgan fingerprint density at radius 1 is 1.02 bits per heavy atom. The minimum atomic E-state index is -0.915. The van der Waals surface area contributed by atoms with Crippen molar-refractivity contribution in [2.45, 2.75) is 19.8 Å². The number of carbonyl (C=O) groups excluding carboxylic acids is 1. The van der Waals surface area contributed by atoms with Gasteiger partial charge in [-0.15, -0.1) is 0 Å². The molecule has 4 aromatic rings. The quantitative estimate of drug-likeness (QED) is 0.256. The molecule has 1 aliphatic rings. The van der Waals surface area contributed by atoms with Crippen molar-refractivity contribution < 1.29 is 28.6 Å². The van der Waals surface area contributed by atoms with Crippen molar-refractivity contribution in [2.24, 2.45) is 11.8 Å². The van der Waals surface area contributed by atoms with Gasteiger partial charge in [-0.3, -0.25) is 4.79 Å². The third kappa shape index (κ3) is 6.63. The molecule has 1 saturated heterocycles. The maximum Gasteiger partial charge on any atom is 0.415 e. The van der Waals surface area contributed by atoms with Crippen LogP contribution in [-0.2, 0) is 17.6 Å². The van der Waals surface area contributed by atoms with Crippen LogP contribution in [0.5, 0.6) is 11.5 Å². The maximum atomic E-state index is 12.6. The summed E-state index contributed by atoms with van der Waals surface area (Å²) >= 11 is 6.08. The number of aliphatic carboxylic acids is 1. The van der Waals surface area contributed by atoms with Crippen molar-refractivity contribution in [2.75, 3.05) is 19.7 Å². The van der Waals surface area contributed by atoms with Crippen molar-refractivity contribution in [3.63, 3.8) is 0 Å². The van der Waals surface area contributed by atoms with Gasteiger partial charge in [0.2, 0.25) is 5.89 Å². The highest BCUT2D eigenvalue weighted by Crippen LogP contribution is 2.29. The summed E-state index contributed by atoms with van der Waals surface area (Å²) in [4.78, 5) is 30.6. The predicted molar refractivity (Wildman–Crippen MR) is 150 cm³/mol. The third-order valence-electron chi connectivity index (χ3n) is 6.96. The van der Waals surface area contributed by atoms with Crippen LogP contribution >= 0.6 is 11.6 Å². The second-order valence-corrected chi connectivity index (χ2v) is 10.2. The number of likely N-dealkylation sites (tertiary alicyclic amines) is 1. The predicted octanol–water partition coefficient (Wildman–Crippen LogP) is 6.30. The Hall–Kier alpha value is -4.30. The van der Waals surface area contributed by atoms with Crippen LogP contribution in [0.2, 0.25) is 5.02 Å². The molecule has 0 aliphatic carbocycles. The van der Waals surface area contributed by atoms with E-state index in [1.807, 2.05) is 55.5 Å². The van der Waals surface area contributed by atoms with Crippen molar-refractivity contribution >= 4 is 23.7 Å². The lowest BCUT2D eigenvalue weighted by molar-refractivity contribution is -0.142. The smallest absolute Gasteiger partial charge is 0.415 e. The summed E-state index contributed by atoms with van der Waals surface area (Å²) in [6, 6.07) is 23.7. The highest BCUT2D eigenvalue weighted by molar-refractivity contribution is 6.30. The molecule has 0 saturated carbocycles. The van der Waals surface area contributed by atoms with E-state index in [4.69, 9.17) is 25.5 Å². The zero-order valence-corrected chi connectivity index (χ0v) is 22.7. The van der Waals surface area contributed by atoms with Crippen LogP contribution in [0.1, 0.15) is 17.0 Å². The number of carboxylic acids is 1. The molecule has 1 N–H and O–H groups in total. The highest BCUT2D eigenvalue weighted by atomic mass is 35.5. The normalized spacial score (nSPS) is 16.6. The Labute approximate surface area is 237 Å². The van der Waals surface area contributed by atoms with E-state index in [-0.39, 0.29) is 12.5 Å². The van der Waals surface area contributed by atoms with Crippen LogP contribution in [-0.4, -0.2) is 46.7 Å². The number of rotatable bonds is 9. The number of carboxylic acid groups (broad SMARTS) is 1. The largest absolute Gasteiger partial charge is 0.493 e. The Morgan fingerprint density at radius 3 is 2.52 bits per heavy atom. The molecule has 0 bridgehead atoms. The molecule has 8 nitrogen and oxygen atoms in total. The highest BCUT2D eigenvalue weighted by Gasteiger charge is 2.40. The molecule has 2 atom stereocenters. The minimum absolute atomic E-state index is 0.118. The van der Waals surface area contributed by atoms with Crippen molar-refractivity contribution in [3.8, 4) is 23.0 Å². The van der Waals surface area contributed by atoms with Gasteiger partial charge >= 0.3 is 12.1 Å². The van der Waals surface area contributed by atoms with Crippen molar-refractivity contribution in [1.82, 2.24) is 9.88 Å². The van der Waals surface area contributed by atoms with E-state index in [0.29, 0.717) is 48.4 Å². The van der Waals surface area contributed by atoms with E-state index >= 15 is 0 Å². The number of amides is 1. The van der Waals surface area contributed by atoms with Crippen molar-refractivity contribution in [3.05, 3.63) is 101 Å². The summed E-state index contributed by atoms with van der Waals surface area (Å²) in [7, 11) is 0. The van der Waals surface area contributed by atoms with E-state index in [0.717, 1.165) is 22.6 Å². The second kappa shape index (κ2) is 12.3. The Morgan fingerprint density at radius 2 is 1.80 bits per heavy atom. The lowest BCUT2D eigenvalue weighted by atomic mass is 9.90. The van der Waals surface area contributed by atoms with E-state index in [2.05, 4.69) is 4.98 Å². The second-order valence-electron chi connectivity index (χ2n) is 9.77. The average Bonchev–Trinajstić information content (AvgIpc) is 3.54. The van der Waals surface area contributed by atoms with E-state index < -0.39 is 18.0 Å². The number of hydrogen-bond acceptors (Lipinski definition) is 6. The summed E-state index contributed by atoms with van der Waals surface area (Å²) in [5.74, 6) is 0.589. The number of benzene rings is 3. The van der Waals surface area contributed by atoms with Crippen LogP contribution in [0.25, 0.3) is 11.5 Å². The molecule has 0 spiro atoms. The number of aromatic nitrogens is 1. The molecule has 1 aliphatic heterocycles. The molecule has 1 aromatic heterocycles. The molecule has 5 rings (SSSR count). The molecular weight excluding hydrogens is 532 g/mol. The van der Waals surface area contributed by atoms with Gasteiger partial charge in [0.1, 0.15) is 17.3 Å². The standard InChI is InChI=1S/C31H29ClN2O6/c1-20-28(33-29(39-20)22-6-5-7-24(32)17-22)14-15-38-25-12-10-21(11-13-25)16-23-18-34(19-27(23)30(35)36)31(37)40-26-8-3-2-4-9-26/h2-13,17,23,27H,14-16,18-19H2,1H3,(H,35,36)/t23-,27+/m1/s1. The number of para-hydroxylation sites is 1. The number of oxazole rings is 1. The Balaban J connectivity index is 1.14. The number of hydrogen-bond donors (Lipinski definition) is 1. The summed E-state index contributed by atoms with van der Waals surface area (Å²) in [5, 5.41) is 10.4. The van der Waals surface area contributed by atoms with Gasteiger partial charge in [0.25, 0.3) is 0 Å². The zero-order valence-electron chi connectivity index (χ0n) is 22.0. The fraction of sp³-hybridized carbons (Fsp3) is 0.258. The number of halogens is 1. The fourth-order valence-corrected chi connectivity index (χ4v) is 5.05. The summed E-state index contributed by atoms with van der Waals surface area (Å²) in [6.45, 7) is 2.73. The molecule has 206 valence electrons. The summed E-state index contributed by atoms with van der Waals surface area (Å²) < 4.78 is 17.1. The van der Waals surface area contributed by atoms with Gasteiger partial charge in [-0.25, -0.2) is 9.78 Å². The lowest BCUT2D eigenvalue weighted by Crippen LogP contribution is -2.32. The zero-order chi connectivity index (χ0) is 28.1. The topological polar surface area (TPSA) is 102 Å². The van der Waals surface area contributed by atoms with Gasteiger partial charge in [-0.1, -0.05) is 48.0 Å². The number of ether oxygens (including phenoxy) is 2. The van der Waals surface area contributed by atoms with E-state index in [9.17, 15) is 14.7 Å². The minimum Gasteiger partial charge on any atom is -0.493 e. The first-order valence-electron chi connectivity index (χ1n) is 13.0. The van der Waals surface area contributed by atoms with Gasteiger partial charge in [-0.2, -0.15) is 0 Å². The van der Waals surface area contributed by atoms with Gasteiger partial charge < -0.3 is 23.9 Å². The average molecular weight is 561 g/mol. The molecule has 3 aromatic carbocycles. The lowest BCUT2D eigenvalue weighted by Gasteiger charge is -2.16. The molecule has 0 radical (unpaired) electrons. The summed E-state index contributed by atoms with van der Waals surface area (Å²) in [6.07, 6.45) is 0.567. The van der Waals surface area contributed by atoms with Crippen LogP contribution in [0, 0.1) is 18.8 Å².